The molecule has 164 valence electrons. The fourth-order valence-electron chi connectivity index (χ4n) is 3.28. The van der Waals surface area contributed by atoms with Crippen molar-refractivity contribution in [1.82, 2.24) is 14.6 Å². The third kappa shape index (κ3) is 4.11. The average molecular weight is 460 g/mol. The van der Waals surface area contributed by atoms with Crippen molar-refractivity contribution >= 4 is 28.1 Å². The monoisotopic (exact) mass is 460 g/mol. The van der Waals surface area contributed by atoms with E-state index in [1.807, 2.05) is 31.2 Å². The predicted octanol–water partition coefficient (Wildman–Crippen LogP) is 3.75. The van der Waals surface area contributed by atoms with E-state index < -0.39 is 4.92 Å². The maximum Gasteiger partial charge on any atom is 0.291 e. The largest absolute Gasteiger partial charge is 0.485 e. The molecule has 0 saturated carbocycles. The lowest BCUT2D eigenvalue weighted by molar-refractivity contribution is -0.384. The van der Waals surface area contributed by atoms with E-state index in [4.69, 9.17) is 9.15 Å². The highest BCUT2D eigenvalue weighted by Gasteiger charge is 2.13. The first kappa shape index (κ1) is 20.6. The Kier molecular flexibility index (Phi) is 5.19. The number of rotatable bonds is 6. The highest BCUT2D eigenvalue weighted by Crippen LogP contribution is 2.26. The molecule has 0 saturated heterocycles. The molecule has 33 heavy (non-hydrogen) atoms. The first-order chi connectivity index (χ1) is 16.0. The number of hydrogen-bond acceptors (Lipinski definition) is 8. The molecule has 0 N–H and O–H groups in total. The summed E-state index contributed by atoms with van der Waals surface area (Å²) in [6, 6.07) is 17.2. The van der Waals surface area contributed by atoms with E-state index in [-0.39, 0.29) is 17.9 Å². The standard InChI is InChI=1S/C23H16N4O5S/c1-14-5-2-3-8-18(14)31-13-21-24-23-26(25-21)22(28)20(33-23)12-17-9-10-19(32-17)15-6-4-7-16(11-15)27(29)30/h2-12H,13H2,1H3/b20-12-. The summed E-state index contributed by atoms with van der Waals surface area (Å²) in [6.45, 7) is 2.11. The van der Waals surface area contributed by atoms with Crippen molar-refractivity contribution < 1.29 is 14.1 Å². The third-order valence-electron chi connectivity index (χ3n) is 4.92. The lowest BCUT2D eigenvalue weighted by Crippen LogP contribution is -2.23. The van der Waals surface area contributed by atoms with Gasteiger partial charge in [0.2, 0.25) is 4.96 Å². The summed E-state index contributed by atoms with van der Waals surface area (Å²) >= 11 is 1.19. The quantitative estimate of drug-likeness (QED) is 0.280. The number of nitro groups is 1. The molecule has 0 aliphatic rings. The average Bonchev–Trinajstić information content (AvgIpc) is 3.51. The molecular weight excluding hydrogens is 444 g/mol. The van der Waals surface area contributed by atoms with E-state index in [1.54, 1.807) is 30.3 Å². The summed E-state index contributed by atoms with van der Waals surface area (Å²) in [6.07, 6.45) is 1.60. The predicted molar refractivity (Wildman–Crippen MR) is 122 cm³/mol. The fourth-order valence-corrected chi connectivity index (χ4v) is 4.19. The molecule has 10 heteroatoms. The van der Waals surface area contributed by atoms with Gasteiger partial charge in [0, 0.05) is 23.8 Å². The van der Waals surface area contributed by atoms with Gasteiger partial charge in [0.1, 0.15) is 28.4 Å². The highest BCUT2D eigenvalue weighted by molar-refractivity contribution is 7.15. The molecule has 0 amide bonds. The van der Waals surface area contributed by atoms with Gasteiger partial charge in [-0.15, -0.1) is 5.10 Å². The molecule has 5 aromatic rings. The maximum atomic E-state index is 12.8. The van der Waals surface area contributed by atoms with Crippen molar-refractivity contribution in [3.8, 4) is 17.1 Å². The molecule has 0 unspecified atom stereocenters. The van der Waals surface area contributed by atoms with Gasteiger partial charge >= 0.3 is 0 Å². The summed E-state index contributed by atoms with van der Waals surface area (Å²) in [7, 11) is 0. The van der Waals surface area contributed by atoms with Gasteiger partial charge in [0.05, 0.1) is 4.92 Å². The molecule has 0 spiro atoms. The molecule has 3 heterocycles. The highest BCUT2D eigenvalue weighted by atomic mass is 32.1. The molecular formula is C23H16N4O5S. The zero-order valence-corrected chi connectivity index (χ0v) is 18.1. The van der Waals surface area contributed by atoms with Gasteiger partial charge in [-0.3, -0.25) is 14.9 Å². The Balaban J connectivity index is 1.39. The van der Waals surface area contributed by atoms with Crippen molar-refractivity contribution in [2.45, 2.75) is 13.5 Å². The van der Waals surface area contributed by atoms with E-state index >= 15 is 0 Å². The molecule has 5 rings (SSSR count). The van der Waals surface area contributed by atoms with Gasteiger partial charge in [-0.05, 0) is 30.7 Å². The van der Waals surface area contributed by atoms with E-state index in [9.17, 15) is 14.9 Å². The van der Waals surface area contributed by atoms with Crippen molar-refractivity contribution in [2.24, 2.45) is 0 Å². The number of aryl methyl sites for hydroxylation is 1. The minimum atomic E-state index is -0.460. The van der Waals surface area contributed by atoms with E-state index in [1.165, 1.54) is 28.0 Å². The minimum absolute atomic E-state index is 0.0240. The Morgan fingerprint density at radius 2 is 2.03 bits per heavy atom. The number of non-ortho nitro benzene ring substituents is 1. The van der Waals surface area contributed by atoms with Crippen LogP contribution in [-0.2, 0) is 6.61 Å². The number of hydrogen-bond donors (Lipinski definition) is 0. The van der Waals surface area contributed by atoms with Crippen LogP contribution in [0.1, 0.15) is 17.1 Å². The van der Waals surface area contributed by atoms with Crippen LogP contribution in [0.3, 0.4) is 0 Å². The van der Waals surface area contributed by atoms with Crippen LogP contribution >= 0.6 is 11.3 Å². The fraction of sp³-hybridized carbons (Fsp3) is 0.0870. The molecule has 3 aromatic heterocycles. The van der Waals surface area contributed by atoms with Crippen LogP contribution in [0.15, 0.2) is 69.9 Å². The van der Waals surface area contributed by atoms with Crippen LogP contribution in [-0.4, -0.2) is 19.5 Å². The molecule has 9 nitrogen and oxygen atoms in total. The second-order valence-electron chi connectivity index (χ2n) is 7.20. The summed E-state index contributed by atoms with van der Waals surface area (Å²) in [5.41, 5.74) is 1.25. The van der Waals surface area contributed by atoms with Crippen LogP contribution < -0.4 is 14.8 Å². The summed E-state index contributed by atoms with van der Waals surface area (Å²) in [4.78, 5) is 28.1. The lowest BCUT2D eigenvalue weighted by atomic mass is 10.1. The Morgan fingerprint density at radius 1 is 1.18 bits per heavy atom. The Hall–Kier alpha value is -4.31. The van der Waals surface area contributed by atoms with E-state index in [0.29, 0.717) is 32.4 Å². The van der Waals surface area contributed by atoms with Crippen molar-refractivity contribution in [3.63, 3.8) is 0 Å². The summed E-state index contributed by atoms with van der Waals surface area (Å²) < 4.78 is 13.2. The van der Waals surface area contributed by atoms with Gasteiger partial charge in [0.25, 0.3) is 11.2 Å². The number of nitrogens with zero attached hydrogens (tertiary/aromatic N) is 4. The lowest BCUT2D eigenvalue weighted by Gasteiger charge is -2.05. The maximum absolute atomic E-state index is 12.8. The SMILES string of the molecule is Cc1ccccc1OCc1nc2s/c(=C\c3ccc(-c4cccc([N+](=O)[O-])c4)o3)c(=O)n2n1. The zero-order valence-electron chi connectivity index (χ0n) is 17.3. The number of para-hydroxylation sites is 1. The van der Waals surface area contributed by atoms with Gasteiger partial charge in [0.15, 0.2) is 5.82 Å². The smallest absolute Gasteiger partial charge is 0.291 e. The van der Waals surface area contributed by atoms with Crippen LogP contribution in [0.2, 0.25) is 0 Å². The number of benzene rings is 2. The molecule has 0 aliphatic heterocycles. The number of fused-ring (bicyclic) bond motifs is 1. The van der Waals surface area contributed by atoms with Crippen LogP contribution in [0.5, 0.6) is 5.75 Å². The zero-order chi connectivity index (χ0) is 22.9. The second kappa shape index (κ2) is 8.32. The Labute approximate surface area is 190 Å². The first-order valence-electron chi connectivity index (χ1n) is 9.91. The van der Waals surface area contributed by atoms with Gasteiger partial charge in [-0.2, -0.15) is 9.50 Å². The van der Waals surface area contributed by atoms with E-state index in [0.717, 1.165) is 11.3 Å². The molecule has 2 aromatic carbocycles. The first-order valence-corrected chi connectivity index (χ1v) is 10.7. The molecule has 0 aliphatic carbocycles. The van der Waals surface area contributed by atoms with Crippen molar-refractivity contribution in [2.75, 3.05) is 0 Å². The topological polar surface area (TPSA) is 113 Å². The van der Waals surface area contributed by atoms with Gasteiger partial charge in [-0.25, -0.2) is 0 Å². The number of ether oxygens (including phenoxy) is 1. The van der Waals surface area contributed by atoms with Crippen LogP contribution in [0.4, 0.5) is 5.69 Å². The molecule has 0 atom stereocenters. The van der Waals surface area contributed by atoms with Crippen molar-refractivity contribution in [3.05, 3.63) is 103 Å². The Bertz CT molecular complexity index is 1600. The summed E-state index contributed by atoms with van der Waals surface area (Å²) in [5, 5.41) is 15.3. The third-order valence-corrected chi connectivity index (χ3v) is 5.88. The van der Waals surface area contributed by atoms with Crippen LogP contribution in [0, 0.1) is 17.0 Å². The van der Waals surface area contributed by atoms with Gasteiger partial charge in [-0.1, -0.05) is 41.7 Å². The molecule has 0 radical (unpaired) electrons. The van der Waals surface area contributed by atoms with Gasteiger partial charge < -0.3 is 9.15 Å². The number of nitro benzene ring substituents is 1. The number of aromatic nitrogens is 3. The number of thiazole rings is 1. The van der Waals surface area contributed by atoms with Crippen molar-refractivity contribution in [1.29, 1.82) is 0 Å². The number of furan rings is 1. The molecule has 0 bridgehead atoms. The molecule has 0 fully saturated rings. The normalized spacial score (nSPS) is 11.8. The van der Waals surface area contributed by atoms with Crippen LogP contribution in [0.25, 0.3) is 22.4 Å². The van der Waals surface area contributed by atoms with E-state index in [2.05, 4.69) is 10.1 Å². The summed E-state index contributed by atoms with van der Waals surface area (Å²) in [5.74, 6) is 2.07. The Morgan fingerprint density at radius 3 is 2.82 bits per heavy atom. The second-order valence-corrected chi connectivity index (χ2v) is 8.21. The minimum Gasteiger partial charge on any atom is -0.485 e.